The van der Waals surface area contributed by atoms with E-state index in [-0.39, 0.29) is 25.8 Å². The maximum Gasteiger partial charge on any atom is 0 e. The van der Waals surface area contributed by atoms with Gasteiger partial charge in [-0.25, -0.2) is 12.2 Å². The number of fused-ring (bicyclic) bond motifs is 1. The summed E-state index contributed by atoms with van der Waals surface area (Å²) >= 11 is 0. The largest absolute Gasteiger partial charge is 0.273 e. The van der Waals surface area contributed by atoms with Gasteiger partial charge in [-0.05, 0) is 0 Å². The molecule has 0 bridgehead atoms. The van der Waals surface area contributed by atoms with Crippen LogP contribution < -0.4 is 0 Å². The molecule has 0 radical (unpaired) electrons. The van der Waals surface area contributed by atoms with E-state index in [4.69, 9.17) is 0 Å². The molecule has 0 saturated heterocycles. The molecule has 1 heteroatoms. The van der Waals surface area contributed by atoms with Gasteiger partial charge >= 0.3 is 0 Å². The molecule has 0 fully saturated rings. The third-order valence-corrected chi connectivity index (χ3v) is 4.07. The topological polar surface area (TPSA) is 0 Å². The van der Waals surface area contributed by atoms with Gasteiger partial charge in [0.25, 0.3) is 0 Å². The summed E-state index contributed by atoms with van der Waals surface area (Å²) in [6, 6.07) is 35.3. The number of hydrogen-bond acceptors (Lipinski definition) is 0. The van der Waals surface area contributed by atoms with Gasteiger partial charge in [0.05, 0.1) is 0 Å². The first kappa shape index (κ1) is 21.8. The predicted molar refractivity (Wildman–Crippen MR) is 116 cm³/mol. The fourth-order valence-electron chi connectivity index (χ4n) is 2.70. The van der Waals surface area contributed by atoms with Gasteiger partial charge in [0, 0.05) is 25.8 Å². The molecule has 0 spiro atoms. The SMILES string of the molecule is [C-]1=CC=CC1.[Hf].c1ccc([CH-]c2ccccc2)cc1.c1ccc2[cH-]ccc2c1. The van der Waals surface area contributed by atoms with Crippen LogP contribution in [0.3, 0.4) is 0 Å². The molecule has 1 aliphatic carbocycles. The van der Waals surface area contributed by atoms with E-state index < -0.39 is 0 Å². The van der Waals surface area contributed by atoms with Crippen molar-refractivity contribution >= 4 is 10.8 Å². The molecular formula is C27H23Hf-3. The molecule has 5 rings (SSSR count). The van der Waals surface area contributed by atoms with Crippen molar-refractivity contribution in [3.05, 3.63) is 145 Å². The molecule has 0 aliphatic heterocycles. The van der Waals surface area contributed by atoms with Crippen LogP contribution in [0.15, 0.2) is 121 Å². The van der Waals surface area contributed by atoms with E-state index in [9.17, 15) is 0 Å². The Morgan fingerprint density at radius 1 is 0.714 bits per heavy atom. The third-order valence-electron chi connectivity index (χ3n) is 4.07. The van der Waals surface area contributed by atoms with Crippen molar-refractivity contribution in [1.82, 2.24) is 0 Å². The standard InChI is InChI=1S/C13H11.C9H7.C5H5.Hf/c1-3-7-12(8-4-1)11-13-9-5-2-6-10-13;1-2-5-9-7-3-6-8(9)4-1;1-2-4-5-3-1;/h1-11H;1-7H;1-3H,4H2;/q3*-1;. The van der Waals surface area contributed by atoms with E-state index in [0.29, 0.717) is 0 Å². The number of hydrogen-bond donors (Lipinski definition) is 0. The minimum Gasteiger partial charge on any atom is -0.273 e. The van der Waals surface area contributed by atoms with Gasteiger partial charge < -0.3 is 0 Å². The van der Waals surface area contributed by atoms with Crippen molar-refractivity contribution < 1.29 is 25.8 Å². The van der Waals surface area contributed by atoms with Crippen molar-refractivity contribution in [2.75, 3.05) is 0 Å². The van der Waals surface area contributed by atoms with Crippen LogP contribution in [0.2, 0.25) is 0 Å². The van der Waals surface area contributed by atoms with Gasteiger partial charge in [-0.3, -0.25) is 6.08 Å². The van der Waals surface area contributed by atoms with Gasteiger partial charge in [-0.15, -0.1) is 77.9 Å². The summed E-state index contributed by atoms with van der Waals surface area (Å²) in [5, 5.41) is 2.66. The van der Waals surface area contributed by atoms with Crippen LogP contribution >= 0.6 is 0 Å². The number of allylic oxidation sites excluding steroid dienone is 4. The van der Waals surface area contributed by atoms with E-state index in [0.717, 1.165) is 6.42 Å². The van der Waals surface area contributed by atoms with Crippen molar-refractivity contribution in [1.29, 1.82) is 0 Å². The molecule has 4 aromatic rings. The van der Waals surface area contributed by atoms with Crippen molar-refractivity contribution in [3.8, 4) is 0 Å². The van der Waals surface area contributed by atoms with Crippen LogP contribution in [0.4, 0.5) is 0 Å². The molecule has 0 N–H and O–H groups in total. The molecule has 28 heavy (non-hydrogen) atoms. The van der Waals surface area contributed by atoms with Gasteiger partial charge in [0.2, 0.25) is 0 Å². The predicted octanol–water partition coefficient (Wildman–Crippen LogP) is 7.15. The summed E-state index contributed by atoms with van der Waals surface area (Å²) in [5.41, 5.74) is 2.49. The maximum absolute atomic E-state index is 2.99. The Morgan fingerprint density at radius 2 is 1.32 bits per heavy atom. The molecule has 0 nitrogen and oxygen atoms in total. The van der Waals surface area contributed by atoms with Gasteiger partial charge in [0.1, 0.15) is 0 Å². The van der Waals surface area contributed by atoms with Gasteiger partial charge in [0.15, 0.2) is 0 Å². The smallest absolute Gasteiger partial charge is 0 e. The summed E-state index contributed by atoms with van der Waals surface area (Å²) in [7, 11) is 0. The molecule has 0 atom stereocenters. The average molecular weight is 526 g/mol. The number of benzene rings is 3. The monoisotopic (exact) mass is 527 g/mol. The van der Waals surface area contributed by atoms with Gasteiger partial charge in [-0.1, -0.05) is 42.5 Å². The van der Waals surface area contributed by atoms with Crippen LogP contribution in [0.5, 0.6) is 0 Å². The Kier molecular flexibility index (Phi) is 9.96. The second-order valence-corrected chi connectivity index (χ2v) is 6.12. The molecular weight excluding hydrogens is 503 g/mol. The van der Waals surface area contributed by atoms with Crippen LogP contribution in [0, 0.1) is 12.5 Å². The first-order valence-corrected chi connectivity index (χ1v) is 9.19. The maximum atomic E-state index is 2.99. The minimum atomic E-state index is 0. The summed E-state index contributed by atoms with van der Waals surface area (Å²) in [6.45, 7) is 0. The van der Waals surface area contributed by atoms with E-state index in [1.165, 1.54) is 21.9 Å². The van der Waals surface area contributed by atoms with E-state index in [1.807, 2.05) is 24.3 Å². The summed E-state index contributed by atoms with van der Waals surface area (Å²) in [5.74, 6) is 0. The zero-order valence-corrected chi connectivity index (χ0v) is 19.4. The Balaban J connectivity index is 0.000000162. The molecule has 0 unspecified atom stereocenters. The van der Waals surface area contributed by atoms with Gasteiger partial charge in [-0.2, -0.15) is 23.6 Å². The normalized spacial score (nSPS) is 10.9. The average Bonchev–Trinajstić information content (AvgIpc) is 3.45. The molecule has 0 heterocycles. The van der Waals surface area contributed by atoms with Crippen molar-refractivity contribution in [2.24, 2.45) is 0 Å². The Bertz CT molecular complexity index is 885. The molecule has 1 aliphatic rings. The second-order valence-electron chi connectivity index (χ2n) is 6.12. The number of rotatable bonds is 2. The molecule has 0 aromatic heterocycles. The Hall–Kier alpha value is -2.51. The zero-order valence-electron chi connectivity index (χ0n) is 15.8. The summed E-state index contributed by atoms with van der Waals surface area (Å²) < 4.78 is 0. The van der Waals surface area contributed by atoms with Crippen LogP contribution in [0.1, 0.15) is 17.5 Å². The van der Waals surface area contributed by atoms with E-state index >= 15 is 0 Å². The van der Waals surface area contributed by atoms with E-state index in [2.05, 4.69) is 110 Å². The third kappa shape index (κ3) is 7.62. The van der Waals surface area contributed by atoms with E-state index in [1.54, 1.807) is 0 Å². The fourth-order valence-corrected chi connectivity index (χ4v) is 2.70. The molecule has 0 saturated carbocycles. The van der Waals surface area contributed by atoms with Crippen LogP contribution in [-0.4, -0.2) is 0 Å². The second kappa shape index (κ2) is 12.8. The van der Waals surface area contributed by atoms with Crippen LogP contribution in [-0.2, 0) is 25.8 Å². The first-order chi connectivity index (χ1) is 13.4. The summed E-state index contributed by atoms with van der Waals surface area (Å²) in [6.07, 6.45) is 12.2. The zero-order chi connectivity index (χ0) is 18.6. The minimum absolute atomic E-state index is 0. The van der Waals surface area contributed by atoms with Crippen molar-refractivity contribution in [3.63, 3.8) is 0 Å². The summed E-state index contributed by atoms with van der Waals surface area (Å²) in [4.78, 5) is 0. The van der Waals surface area contributed by atoms with Crippen LogP contribution in [0.25, 0.3) is 10.8 Å². The Morgan fingerprint density at radius 3 is 1.82 bits per heavy atom. The molecule has 138 valence electrons. The first-order valence-electron chi connectivity index (χ1n) is 9.19. The molecule has 4 aromatic carbocycles. The quantitative estimate of drug-likeness (QED) is 0.193. The Labute approximate surface area is 187 Å². The fraction of sp³-hybridized carbons (Fsp3) is 0.0370. The van der Waals surface area contributed by atoms with Crippen molar-refractivity contribution in [2.45, 2.75) is 6.42 Å². The molecule has 0 amide bonds.